The molecule has 0 aromatic heterocycles. The fraction of sp³-hybridized carbons (Fsp3) is 0.0833. The Labute approximate surface area is 192 Å². The molecule has 2 aliphatic rings. The van der Waals surface area contributed by atoms with E-state index in [2.05, 4.69) is 15.3 Å². The Morgan fingerprint density at radius 2 is 1.79 bits per heavy atom. The molecule has 0 bridgehead atoms. The highest BCUT2D eigenvalue weighted by Gasteiger charge is 2.42. The van der Waals surface area contributed by atoms with E-state index in [9.17, 15) is 18.4 Å². The number of amides is 2. The average molecular weight is 462 g/mol. The molecule has 9 heteroatoms. The molecule has 0 radical (unpaired) electrons. The van der Waals surface area contributed by atoms with E-state index in [0.717, 1.165) is 35.0 Å². The molecule has 0 saturated heterocycles. The SMILES string of the molecule is O=C(CSC1=Nc2ccccc2C2=N[C@H](c3ccccc3)C(=O)N12)Nc1ccc(F)cc1F. The number of aliphatic imine (C=N–C) groups is 2. The summed E-state index contributed by atoms with van der Waals surface area (Å²) in [5, 5.41) is 2.72. The summed E-state index contributed by atoms with van der Waals surface area (Å²) >= 11 is 1.04. The number of carbonyl (C=O) groups excluding carboxylic acids is 2. The summed E-state index contributed by atoms with van der Waals surface area (Å²) in [5.41, 5.74) is 2.00. The normalized spacial score (nSPS) is 16.6. The van der Waals surface area contributed by atoms with Crippen molar-refractivity contribution in [3.63, 3.8) is 0 Å². The minimum absolute atomic E-state index is 0.124. The van der Waals surface area contributed by atoms with Gasteiger partial charge in [0.25, 0.3) is 5.91 Å². The molecule has 0 aliphatic carbocycles. The number of hydrogen-bond acceptors (Lipinski definition) is 5. The zero-order valence-electron chi connectivity index (χ0n) is 17.0. The maximum atomic E-state index is 13.8. The molecule has 1 N–H and O–H groups in total. The van der Waals surface area contributed by atoms with Crippen LogP contribution in [0.2, 0.25) is 0 Å². The van der Waals surface area contributed by atoms with Crippen LogP contribution in [-0.4, -0.2) is 33.5 Å². The number of para-hydroxylation sites is 1. The summed E-state index contributed by atoms with van der Waals surface area (Å²) in [6.45, 7) is 0. The van der Waals surface area contributed by atoms with E-state index >= 15 is 0 Å². The molecular formula is C24H16F2N4O2S. The summed E-state index contributed by atoms with van der Waals surface area (Å²) in [6.07, 6.45) is 0. The van der Waals surface area contributed by atoms with Crippen molar-refractivity contribution >= 4 is 46.0 Å². The number of nitrogens with zero attached hydrogens (tertiary/aromatic N) is 3. The van der Waals surface area contributed by atoms with Crippen LogP contribution in [0.5, 0.6) is 0 Å². The van der Waals surface area contributed by atoms with Crippen molar-refractivity contribution in [2.24, 2.45) is 9.98 Å². The summed E-state index contributed by atoms with van der Waals surface area (Å²) in [5.74, 6) is -2.04. The Balaban J connectivity index is 1.40. The van der Waals surface area contributed by atoms with Gasteiger partial charge in [0.2, 0.25) is 5.91 Å². The van der Waals surface area contributed by atoms with E-state index in [1.54, 1.807) is 0 Å². The number of benzene rings is 3. The van der Waals surface area contributed by atoms with Gasteiger partial charge in [0.1, 0.15) is 17.5 Å². The van der Waals surface area contributed by atoms with Gasteiger partial charge in [0.15, 0.2) is 11.2 Å². The van der Waals surface area contributed by atoms with Crippen LogP contribution in [0.1, 0.15) is 17.2 Å². The molecule has 0 unspecified atom stereocenters. The van der Waals surface area contributed by atoms with Crippen molar-refractivity contribution in [3.05, 3.63) is 95.6 Å². The second kappa shape index (κ2) is 8.59. The average Bonchev–Trinajstić information content (AvgIpc) is 3.17. The second-order valence-corrected chi connectivity index (χ2v) is 8.25. The predicted molar refractivity (Wildman–Crippen MR) is 124 cm³/mol. The molecule has 3 aromatic rings. The van der Waals surface area contributed by atoms with E-state index in [1.165, 1.54) is 4.90 Å². The number of thioether (sulfide) groups is 1. The Morgan fingerprint density at radius 1 is 1.03 bits per heavy atom. The monoisotopic (exact) mass is 462 g/mol. The lowest BCUT2D eigenvalue weighted by Crippen LogP contribution is -2.40. The van der Waals surface area contributed by atoms with Crippen LogP contribution in [-0.2, 0) is 9.59 Å². The van der Waals surface area contributed by atoms with Crippen LogP contribution in [0.25, 0.3) is 0 Å². The fourth-order valence-electron chi connectivity index (χ4n) is 3.61. The Hall–Kier alpha value is -3.85. The first-order valence-corrected chi connectivity index (χ1v) is 11.0. The predicted octanol–water partition coefficient (Wildman–Crippen LogP) is 4.67. The van der Waals surface area contributed by atoms with Gasteiger partial charge in [-0.05, 0) is 29.8 Å². The van der Waals surface area contributed by atoms with Gasteiger partial charge < -0.3 is 5.32 Å². The van der Waals surface area contributed by atoms with Gasteiger partial charge in [0.05, 0.1) is 17.1 Å². The maximum absolute atomic E-state index is 13.8. The summed E-state index contributed by atoms with van der Waals surface area (Å²) in [4.78, 5) is 36.4. The van der Waals surface area contributed by atoms with Crippen molar-refractivity contribution in [1.82, 2.24) is 4.90 Å². The molecule has 1 atom stereocenters. The van der Waals surface area contributed by atoms with E-state index in [1.807, 2.05) is 54.6 Å². The molecule has 3 aromatic carbocycles. The molecule has 2 aliphatic heterocycles. The third-order valence-electron chi connectivity index (χ3n) is 5.12. The standard InChI is InChI=1S/C24H16F2N4O2S/c25-15-10-11-19(17(26)12-15)27-20(31)13-33-24-28-18-9-5-4-8-16(18)22-29-21(23(32)30(22)24)14-6-2-1-3-7-14/h1-12,21H,13H2,(H,27,31)/t21-/m1/s1. The van der Waals surface area contributed by atoms with Crippen LogP contribution >= 0.6 is 11.8 Å². The van der Waals surface area contributed by atoms with Gasteiger partial charge >= 0.3 is 0 Å². The van der Waals surface area contributed by atoms with Gasteiger partial charge in [-0.3, -0.25) is 9.59 Å². The quantitative estimate of drug-likeness (QED) is 0.613. The highest BCUT2D eigenvalue weighted by Crippen LogP contribution is 2.37. The molecule has 33 heavy (non-hydrogen) atoms. The lowest BCUT2D eigenvalue weighted by molar-refractivity contribution is -0.124. The molecule has 0 fully saturated rings. The number of amidine groups is 2. The zero-order chi connectivity index (χ0) is 22.9. The second-order valence-electron chi connectivity index (χ2n) is 7.31. The van der Waals surface area contributed by atoms with E-state index in [-0.39, 0.29) is 17.3 Å². The van der Waals surface area contributed by atoms with Crippen LogP contribution in [0.15, 0.2) is 82.8 Å². The molecular weight excluding hydrogens is 446 g/mol. The van der Waals surface area contributed by atoms with Gasteiger partial charge in [-0.2, -0.15) is 0 Å². The zero-order valence-corrected chi connectivity index (χ0v) is 17.9. The number of hydrogen-bond donors (Lipinski definition) is 1. The lowest BCUT2D eigenvalue weighted by atomic mass is 10.1. The van der Waals surface area contributed by atoms with Crippen LogP contribution in [0, 0.1) is 11.6 Å². The number of rotatable bonds is 4. The third-order valence-corrected chi connectivity index (χ3v) is 6.06. The number of fused-ring (bicyclic) bond motifs is 3. The van der Waals surface area contributed by atoms with Crippen molar-refractivity contribution < 1.29 is 18.4 Å². The Bertz CT molecular complexity index is 1330. The summed E-state index contributed by atoms with van der Waals surface area (Å²) < 4.78 is 26.9. The molecule has 6 nitrogen and oxygen atoms in total. The van der Waals surface area contributed by atoms with E-state index in [4.69, 9.17) is 0 Å². The van der Waals surface area contributed by atoms with Crippen molar-refractivity contribution in [1.29, 1.82) is 0 Å². The first-order chi connectivity index (χ1) is 16.0. The van der Waals surface area contributed by atoms with Gasteiger partial charge in [-0.15, -0.1) is 0 Å². The molecule has 2 heterocycles. The molecule has 5 rings (SSSR count). The van der Waals surface area contributed by atoms with Crippen LogP contribution in [0.3, 0.4) is 0 Å². The fourth-order valence-corrected chi connectivity index (χ4v) is 4.41. The number of nitrogens with one attached hydrogen (secondary N) is 1. The van der Waals surface area contributed by atoms with Gasteiger partial charge in [0, 0.05) is 11.6 Å². The minimum atomic E-state index is -0.868. The Morgan fingerprint density at radius 3 is 2.58 bits per heavy atom. The number of carbonyl (C=O) groups is 2. The van der Waals surface area contributed by atoms with Crippen LogP contribution in [0.4, 0.5) is 20.2 Å². The highest BCUT2D eigenvalue weighted by atomic mass is 32.2. The largest absolute Gasteiger partial charge is 0.323 e. The molecule has 0 saturated carbocycles. The first kappa shape index (κ1) is 21.0. The lowest BCUT2D eigenvalue weighted by Gasteiger charge is -2.25. The van der Waals surface area contributed by atoms with Gasteiger partial charge in [-0.1, -0.05) is 54.2 Å². The first-order valence-electron chi connectivity index (χ1n) is 10.0. The highest BCUT2D eigenvalue weighted by molar-refractivity contribution is 8.14. The molecule has 2 amide bonds. The van der Waals surface area contributed by atoms with E-state index in [0.29, 0.717) is 22.8 Å². The van der Waals surface area contributed by atoms with Crippen molar-refractivity contribution in [2.45, 2.75) is 6.04 Å². The maximum Gasteiger partial charge on any atom is 0.263 e. The number of halogens is 2. The Kier molecular flexibility index (Phi) is 5.47. The van der Waals surface area contributed by atoms with Crippen molar-refractivity contribution in [3.8, 4) is 0 Å². The van der Waals surface area contributed by atoms with Gasteiger partial charge in [-0.25, -0.2) is 23.7 Å². The van der Waals surface area contributed by atoms with Crippen LogP contribution < -0.4 is 5.32 Å². The molecule has 0 spiro atoms. The number of anilines is 1. The molecule has 164 valence electrons. The summed E-state index contributed by atoms with van der Waals surface area (Å²) in [6, 6.07) is 18.8. The minimum Gasteiger partial charge on any atom is -0.323 e. The topological polar surface area (TPSA) is 74.1 Å². The smallest absolute Gasteiger partial charge is 0.263 e. The third kappa shape index (κ3) is 4.03. The van der Waals surface area contributed by atoms with E-state index < -0.39 is 23.6 Å². The van der Waals surface area contributed by atoms with Crippen molar-refractivity contribution in [2.75, 3.05) is 11.1 Å². The summed E-state index contributed by atoms with van der Waals surface area (Å²) in [7, 11) is 0.